The maximum Gasteiger partial charge on any atom is 0.255 e. The van der Waals surface area contributed by atoms with Crippen molar-refractivity contribution in [2.75, 3.05) is 10.6 Å². The van der Waals surface area contributed by atoms with Crippen LogP contribution in [0.2, 0.25) is 5.02 Å². The molecule has 0 fully saturated rings. The van der Waals surface area contributed by atoms with E-state index >= 15 is 0 Å². The number of benzene rings is 3. The number of amides is 2. The predicted molar refractivity (Wildman–Crippen MR) is 177 cm³/mol. The lowest BCUT2D eigenvalue weighted by molar-refractivity contribution is -0.115. The summed E-state index contributed by atoms with van der Waals surface area (Å²) in [6.07, 6.45) is 0.570. The quantitative estimate of drug-likeness (QED) is 0.218. The summed E-state index contributed by atoms with van der Waals surface area (Å²) in [4.78, 5) is 25.7. The van der Waals surface area contributed by atoms with Gasteiger partial charge < -0.3 is 15.7 Å². The molecule has 7 nitrogen and oxygen atoms in total. The lowest BCUT2D eigenvalue weighted by atomic mass is 10.1. The van der Waals surface area contributed by atoms with Crippen molar-refractivity contribution in [1.29, 1.82) is 0 Å². The smallest absolute Gasteiger partial charge is 0.255 e. The van der Waals surface area contributed by atoms with Gasteiger partial charge in [0.2, 0.25) is 5.91 Å². The third-order valence-corrected chi connectivity index (χ3v) is 8.35. The lowest BCUT2D eigenvalue weighted by Crippen LogP contribution is -2.35. The van der Waals surface area contributed by atoms with Gasteiger partial charge in [-0.25, -0.2) is 8.42 Å². The molecule has 9 heteroatoms. The summed E-state index contributed by atoms with van der Waals surface area (Å²) in [5.74, 6) is -1.53. The number of halogens is 1. The summed E-state index contributed by atoms with van der Waals surface area (Å²) in [6, 6.07) is 14.1. The standard InChI is InChI=1S/C27H29ClN2O5S.3C2H6/c1-5-6-25(36(34,35)20-12-9-17(3)18(4)13-20)27(33)29-22-15-24(31)23(14-21(22)28)30-26(32)19-10-7-16(2)8-11-19;3*1-2/h7-15,25,31H,5-6H2,1-4H3,(H,29,33)(H,30,32);3*1-2H3. The van der Waals surface area contributed by atoms with Crippen molar-refractivity contribution < 1.29 is 23.1 Å². The Balaban J connectivity index is 0.00000263. The Morgan fingerprint density at radius 3 is 1.90 bits per heavy atom. The van der Waals surface area contributed by atoms with Crippen molar-refractivity contribution in [1.82, 2.24) is 0 Å². The molecule has 2 amide bonds. The predicted octanol–water partition coefficient (Wildman–Crippen LogP) is 8.88. The Labute approximate surface area is 257 Å². The van der Waals surface area contributed by atoms with Gasteiger partial charge in [-0.1, -0.05) is 90.3 Å². The largest absolute Gasteiger partial charge is 0.506 e. The van der Waals surface area contributed by atoms with Gasteiger partial charge in [0.25, 0.3) is 5.91 Å². The topological polar surface area (TPSA) is 113 Å². The normalized spacial score (nSPS) is 10.8. The second-order valence-corrected chi connectivity index (χ2v) is 11.3. The minimum Gasteiger partial charge on any atom is -0.506 e. The Hall–Kier alpha value is -3.36. The van der Waals surface area contributed by atoms with Crippen LogP contribution in [0, 0.1) is 20.8 Å². The first-order valence-corrected chi connectivity index (χ1v) is 16.4. The maximum absolute atomic E-state index is 13.3. The van der Waals surface area contributed by atoms with Crippen LogP contribution < -0.4 is 10.6 Å². The molecule has 42 heavy (non-hydrogen) atoms. The summed E-state index contributed by atoms with van der Waals surface area (Å²) in [5.41, 5.74) is 3.23. The van der Waals surface area contributed by atoms with Gasteiger partial charge in [0.15, 0.2) is 9.84 Å². The number of aryl methyl sites for hydroxylation is 3. The van der Waals surface area contributed by atoms with Crippen LogP contribution >= 0.6 is 11.6 Å². The molecule has 3 aromatic carbocycles. The van der Waals surface area contributed by atoms with Crippen molar-refractivity contribution in [2.24, 2.45) is 0 Å². The van der Waals surface area contributed by atoms with E-state index in [4.69, 9.17) is 11.6 Å². The van der Waals surface area contributed by atoms with E-state index in [0.717, 1.165) is 16.7 Å². The van der Waals surface area contributed by atoms with Crippen LogP contribution in [0.5, 0.6) is 5.75 Å². The highest BCUT2D eigenvalue weighted by atomic mass is 35.5. The van der Waals surface area contributed by atoms with Gasteiger partial charge in [-0.3, -0.25) is 9.59 Å². The fraction of sp³-hybridized carbons (Fsp3) is 0.394. The molecule has 3 N–H and O–H groups in total. The van der Waals surface area contributed by atoms with Gasteiger partial charge in [-0.05, 0) is 68.7 Å². The minimum atomic E-state index is -3.98. The molecule has 0 saturated carbocycles. The second kappa shape index (κ2) is 18.9. The molecule has 3 rings (SSSR count). The molecule has 0 aromatic heterocycles. The third kappa shape index (κ3) is 10.5. The Bertz CT molecular complexity index is 1400. The number of sulfone groups is 1. The second-order valence-electron chi connectivity index (χ2n) is 8.73. The van der Waals surface area contributed by atoms with Gasteiger partial charge in [-0.2, -0.15) is 0 Å². The van der Waals surface area contributed by atoms with E-state index < -0.39 is 26.9 Å². The summed E-state index contributed by atoms with van der Waals surface area (Å²) >= 11 is 6.32. The molecule has 0 radical (unpaired) electrons. The van der Waals surface area contributed by atoms with Gasteiger partial charge in [0.1, 0.15) is 11.0 Å². The van der Waals surface area contributed by atoms with Gasteiger partial charge in [0, 0.05) is 11.6 Å². The van der Waals surface area contributed by atoms with Crippen LogP contribution in [0.3, 0.4) is 0 Å². The number of carbonyl (C=O) groups is 2. The molecule has 0 aliphatic carbocycles. The van der Waals surface area contributed by atoms with E-state index in [0.29, 0.717) is 12.0 Å². The van der Waals surface area contributed by atoms with Crippen LogP contribution in [0.1, 0.15) is 88.4 Å². The Morgan fingerprint density at radius 2 is 1.38 bits per heavy atom. The van der Waals surface area contributed by atoms with E-state index in [1.807, 2.05) is 62.3 Å². The van der Waals surface area contributed by atoms with E-state index in [9.17, 15) is 23.1 Å². The van der Waals surface area contributed by atoms with Crippen LogP contribution in [0.25, 0.3) is 0 Å². The first-order chi connectivity index (χ1) is 19.9. The highest BCUT2D eigenvalue weighted by Gasteiger charge is 2.34. The fourth-order valence-electron chi connectivity index (χ4n) is 3.61. The molecule has 0 bridgehead atoms. The van der Waals surface area contributed by atoms with Gasteiger partial charge in [-0.15, -0.1) is 0 Å². The van der Waals surface area contributed by atoms with Crippen molar-refractivity contribution >= 4 is 44.6 Å². The number of phenols is 1. The minimum absolute atomic E-state index is 0.0270. The van der Waals surface area contributed by atoms with Crippen LogP contribution in [-0.4, -0.2) is 30.6 Å². The van der Waals surface area contributed by atoms with E-state index in [2.05, 4.69) is 10.6 Å². The number of carbonyl (C=O) groups excluding carboxylic acids is 2. The number of anilines is 2. The average Bonchev–Trinajstić information content (AvgIpc) is 2.99. The van der Waals surface area contributed by atoms with E-state index in [1.54, 1.807) is 43.3 Å². The maximum atomic E-state index is 13.3. The highest BCUT2D eigenvalue weighted by Crippen LogP contribution is 2.35. The van der Waals surface area contributed by atoms with E-state index in [-0.39, 0.29) is 33.5 Å². The molecule has 3 aromatic rings. The number of hydrogen-bond donors (Lipinski definition) is 3. The van der Waals surface area contributed by atoms with Crippen molar-refractivity contribution in [3.8, 4) is 5.75 Å². The molecular weight excluding hydrogens is 572 g/mol. The SMILES string of the molecule is CC.CC.CC.CCCC(C(=O)Nc1cc(O)c(NC(=O)c2ccc(C)cc2)cc1Cl)S(=O)(=O)c1ccc(C)c(C)c1. The van der Waals surface area contributed by atoms with Crippen molar-refractivity contribution in [3.05, 3.63) is 81.9 Å². The monoisotopic (exact) mass is 618 g/mol. The summed E-state index contributed by atoms with van der Waals surface area (Å²) in [6.45, 7) is 19.4. The number of nitrogens with one attached hydrogen (secondary N) is 2. The van der Waals surface area contributed by atoms with Crippen molar-refractivity contribution in [3.63, 3.8) is 0 Å². The molecule has 0 spiro atoms. The average molecular weight is 619 g/mol. The number of phenolic OH excluding ortho intramolecular Hbond substituents is 1. The van der Waals surface area contributed by atoms with E-state index in [1.165, 1.54) is 18.2 Å². The Kier molecular flexibility index (Phi) is 17.4. The third-order valence-electron chi connectivity index (χ3n) is 5.93. The molecular formula is C33H47ClN2O5S. The lowest BCUT2D eigenvalue weighted by Gasteiger charge is -2.19. The fourth-order valence-corrected chi connectivity index (χ4v) is 5.64. The molecule has 232 valence electrons. The summed E-state index contributed by atoms with van der Waals surface area (Å²) in [5, 5.41) is 14.3. The zero-order valence-electron chi connectivity index (χ0n) is 26.6. The molecule has 1 unspecified atom stereocenters. The summed E-state index contributed by atoms with van der Waals surface area (Å²) in [7, 11) is -3.98. The zero-order valence-corrected chi connectivity index (χ0v) is 28.1. The zero-order chi connectivity index (χ0) is 32.6. The number of hydrogen-bond acceptors (Lipinski definition) is 5. The van der Waals surface area contributed by atoms with Crippen LogP contribution in [-0.2, 0) is 14.6 Å². The molecule has 0 aliphatic rings. The Morgan fingerprint density at radius 1 is 0.810 bits per heavy atom. The van der Waals surface area contributed by atoms with Crippen LogP contribution in [0.15, 0.2) is 59.5 Å². The molecule has 0 heterocycles. The first kappa shape index (κ1) is 38.6. The van der Waals surface area contributed by atoms with Gasteiger partial charge in [0.05, 0.1) is 21.3 Å². The van der Waals surface area contributed by atoms with Gasteiger partial charge >= 0.3 is 0 Å². The van der Waals surface area contributed by atoms with Crippen molar-refractivity contribution in [2.45, 2.75) is 92.2 Å². The molecule has 0 aliphatic heterocycles. The molecule has 0 saturated heterocycles. The summed E-state index contributed by atoms with van der Waals surface area (Å²) < 4.78 is 26.6. The highest BCUT2D eigenvalue weighted by molar-refractivity contribution is 7.92. The number of aromatic hydroxyl groups is 1. The molecule has 1 atom stereocenters. The van der Waals surface area contributed by atoms with Crippen LogP contribution in [0.4, 0.5) is 11.4 Å². The number of rotatable bonds is 8. The first-order valence-electron chi connectivity index (χ1n) is 14.5.